The summed E-state index contributed by atoms with van der Waals surface area (Å²) in [4.78, 5) is 11.3. The molecule has 0 unspecified atom stereocenters. The first-order valence-corrected chi connectivity index (χ1v) is 5.47. The first kappa shape index (κ1) is 12.3. The molecule has 2 N–H and O–H groups in total. The fourth-order valence-electron chi connectivity index (χ4n) is 1.20. The molecule has 86 valence electrons. The van der Waals surface area contributed by atoms with Crippen LogP contribution in [0.3, 0.4) is 0 Å². The number of phenolic OH excluding ortho intramolecular Hbond substituents is 1. The molecule has 0 spiro atoms. The van der Waals surface area contributed by atoms with E-state index in [2.05, 4.69) is 12.2 Å². The van der Waals surface area contributed by atoms with Crippen molar-refractivity contribution in [3.63, 3.8) is 0 Å². The second-order valence-corrected chi connectivity index (χ2v) is 3.57. The van der Waals surface area contributed by atoms with Gasteiger partial charge in [-0.25, -0.2) is 0 Å². The van der Waals surface area contributed by atoms with Crippen molar-refractivity contribution in [2.45, 2.75) is 19.8 Å². The zero-order chi connectivity index (χ0) is 11.8. The average molecular weight is 219 g/mol. The molecule has 0 aliphatic heterocycles. The van der Waals surface area contributed by atoms with Crippen LogP contribution in [0.1, 0.15) is 25.3 Å². The molecule has 1 amide bonds. The van der Waals surface area contributed by atoms with Crippen molar-refractivity contribution < 1.29 is 9.90 Å². The third-order valence-corrected chi connectivity index (χ3v) is 2.15. The monoisotopic (exact) mass is 219 g/mol. The second kappa shape index (κ2) is 6.67. The molecule has 0 bridgehead atoms. The number of unbranched alkanes of at least 4 members (excludes halogenated alkanes) is 1. The Labute approximate surface area is 95.8 Å². The molecule has 0 atom stereocenters. The van der Waals surface area contributed by atoms with E-state index < -0.39 is 0 Å². The van der Waals surface area contributed by atoms with Gasteiger partial charge in [0, 0.05) is 12.6 Å². The van der Waals surface area contributed by atoms with E-state index in [0.717, 1.165) is 24.9 Å². The molecular formula is C13H17NO2. The summed E-state index contributed by atoms with van der Waals surface area (Å²) in [5, 5.41) is 11.9. The molecule has 0 heterocycles. The molecule has 3 heteroatoms. The lowest BCUT2D eigenvalue weighted by molar-refractivity contribution is -0.116. The molecule has 16 heavy (non-hydrogen) atoms. The Morgan fingerprint density at radius 2 is 2.06 bits per heavy atom. The zero-order valence-electron chi connectivity index (χ0n) is 9.44. The van der Waals surface area contributed by atoms with Crippen LogP contribution in [-0.2, 0) is 4.79 Å². The Kier molecular flexibility index (Phi) is 5.12. The molecular weight excluding hydrogens is 202 g/mol. The van der Waals surface area contributed by atoms with Gasteiger partial charge in [0.25, 0.3) is 0 Å². The van der Waals surface area contributed by atoms with Gasteiger partial charge in [0.15, 0.2) is 0 Å². The standard InChI is InChI=1S/C13H17NO2/c1-2-3-10-14-13(16)9-6-11-4-7-12(15)8-5-11/h4-9,15H,2-3,10H2,1H3,(H,14,16)/b9-6+. The number of hydrogen-bond donors (Lipinski definition) is 2. The molecule has 0 saturated carbocycles. The van der Waals surface area contributed by atoms with Crippen LogP contribution in [0, 0.1) is 0 Å². The average Bonchev–Trinajstić information content (AvgIpc) is 2.29. The largest absolute Gasteiger partial charge is 0.508 e. The summed E-state index contributed by atoms with van der Waals surface area (Å²) in [6.07, 6.45) is 5.30. The molecule has 0 saturated heterocycles. The summed E-state index contributed by atoms with van der Waals surface area (Å²) in [5.74, 6) is 0.145. The molecule has 0 fully saturated rings. The smallest absolute Gasteiger partial charge is 0.243 e. The molecule has 1 aromatic rings. The minimum atomic E-state index is -0.0819. The highest BCUT2D eigenvalue weighted by Gasteiger charge is 1.93. The summed E-state index contributed by atoms with van der Waals surface area (Å²) >= 11 is 0. The van der Waals surface area contributed by atoms with E-state index in [1.165, 1.54) is 6.08 Å². The van der Waals surface area contributed by atoms with Crippen LogP contribution in [-0.4, -0.2) is 17.6 Å². The third-order valence-electron chi connectivity index (χ3n) is 2.15. The summed E-state index contributed by atoms with van der Waals surface area (Å²) in [6.45, 7) is 2.80. The first-order chi connectivity index (χ1) is 7.72. The SMILES string of the molecule is CCCCNC(=O)/C=C/c1ccc(O)cc1. The highest BCUT2D eigenvalue weighted by atomic mass is 16.3. The van der Waals surface area contributed by atoms with Gasteiger partial charge in [-0.3, -0.25) is 4.79 Å². The minimum absolute atomic E-state index is 0.0819. The third kappa shape index (κ3) is 4.64. The van der Waals surface area contributed by atoms with Crippen LogP contribution in [0.15, 0.2) is 30.3 Å². The quantitative estimate of drug-likeness (QED) is 0.590. The zero-order valence-corrected chi connectivity index (χ0v) is 9.44. The number of phenols is 1. The summed E-state index contributed by atoms with van der Waals surface area (Å²) in [7, 11) is 0. The molecule has 0 aromatic heterocycles. The van der Waals surface area contributed by atoms with Crippen molar-refractivity contribution >= 4 is 12.0 Å². The van der Waals surface area contributed by atoms with E-state index in [1.807, 2.05) is 0 Å². The molecule has 0 aliphatic rings. The summed E-state index contributed by atoms with van der Waals surface area (Å²) < 4.78 is 0. The Balaban J connectivity index is 2.41. The lowest BCUT2D eigenvalue weighted by Crippen LogP contribution is -2.21. The highest BCUT2D eigenvalue weighted by molar-refractivity contribution is 5.91. The van der Waals surface area contributed by atoms with E-state index in [1.54, 1.807) is 30.3 Å². The lowest BCUT2D eigenvalue weighted by Gasteiger charge is -1.99. The number of benzene rings is 1. The number of rotatable bonds is 5. The number of carbonyl (C=O) groups is 1. The van der Waals surface area contributed by atoms with Crippen LogP contribution in [0.5, 0.6) is 5.75 Å². The predicted octanol–water partition coefficient (Wildman–Crippen LogP) is 2.32. The van der Waals surface area contributed by atoms with Crippen molar-refractivity contribution in [2.24, 2.45) is 0 Å². The van der Waals surface area contributed by atoms with Gasteiger partial charge in [0.1, 0.15) is 5.75 Å². The van der Waals surface area contributed by atoms with Crippen LogP contribution in [0.4, 0.5) is 0 Å². The molecule has 3 nitrogen and oxygen atoms in total. The summed E-state index contributed by atoms with van der Waals surface area (Å²) in [6, 6.07) is 6.69. The second-order valence-electron chi connectivity index (χ2n) is 3.57. The maximum absolute atomic E-state index is 11.3. The molecule has 1 aromatic carbocycles. The van der Waals surface area contributed by atoms with Crippen molar-refractivity contribution in [1.29, 1.82) is 0 Å². The van der Waals surface area contributed by atoms with Gasteiger partial charge >= 0.3 is 0 Å². The number of hydrogen-bond acceptors (Lipinski definition) is 2. The maximum atomic E-state index is 11.3. The Morgan fingerprint density at radius 3 is 2.69 bits per heavy atom. The van der Waals surface area contributed by atoms with Gasteiger partial charge in [0.05, 0.1) is 0 Å². The van der Waals surface area contributed by atoms with E-state index in [9.17, 15) is 4.79 Å². The maximum Gasteiger partial charge on any atom is 0.243 e. The predicted molar refractivity (Wildman–Crippen MR) is 65.1 cm³/mol. The van der Waals surface area contributed by atoms with Crippen molar-refractivity contribution in [1.82, 2.24) is 5.32 Å². The van der Waals surface area contributed by atoms with Gasteiger partial charge in [-0.15, -0.1) is 0 Å². The van der Waals surface area contributed by atoms with Crippen LogP contribution in [0.25, 0.3) is 6.08 Å². The topological polar surface area (TPSA) is 49.3 Å². The Hall–Kier alpha value is -1.77. The van der Waals surface area contributed by atoms with Crippen LogP contribution >= 0.6 is 0 Å². The van der Waals surface area contributed by atoms with E-state index in [-0.39, 0.29) is 11.7 Å². The molecule has 0 radical (unpaired) electrons. The van der Waals surface area contributed by atoms with Crippen molar-refractivity contribution in [3.8, 4) is 5.75 Å². The normalized spacial score (nSPS) is 10.6. The minimum Gasteiger partial charge on any atom is -0.508 e. The number of carbonyl (C=O) groups excluding carboxylic acids is 1. The van der Waals surface area contributed by atoms with E-state index in [4.69, 9.17) is 5.11 Å². The Bertz CT molecular complexity index is 355. The first-order valence-electron chi connectivity index (χ1n) is 5.47. The van der Waals surface area contributed by atoms with Crippen molar-refractivity contribution in [3.05, 3.63) is 35.9 Å². The van der Waals surface area contributed by atoms with Crippen molar-refractivity contribution in [2.75, 3.05) is 6.54 Å². The van der Waals surface area contributed by atoms with Gasteiger partial charge in [0.2, 0.25) is 5.91 Å². The fourth-order valence-corrected chi connectivity index (χ4v) is 1.20. The number of nitrogens with one attached hydrogen (secondary N) is 1. The molecule has 1 rings (SSSR count). The highest BCUT2D eigenvalue weighted by Crippen LogP contribution is 2.10. The van der Waals surface area contributed by atoms with E-state index >= 15 is 0 Å². The summed E-state index contributed by atoms with van der Waals surface area (Å²) in [5.41, 5.74) is 0.892. The molecule has 0 aliphatic carbocycles. The fraction of sp³-hybridized carbons (Fsp3) is 0.308. The van der Waals surface area contributed by atoms with Crippen LogP contribution in [0.2, 0.25) is 0 Å². The van der Waals surface area contributed by atoms with Gasteiger partial charge in [-0.1, -0.05) is 25.5 Å². The number of aromatic hydroxyl groups is 1. The Morgan fingerprint density at radius 1 is 1.38 bits per heavy atom. The van der Waals surface area contributed by atoms with Crippen LogP contribution < -0.4 is 5.32 Å². The number of amides is 1. The van der Waals surface area contributed by atoms with Gasteiger partial charge < -0.3 is 10.4 Å². The van der Waals surface area contributed by atoms with Gasteiger partial charge in [-0.2, -0.15) is 0 Å². The van der Waals surface area contributed by atoms with E-state index in [0.29, 0.717) is 0 Å². The van der Waals surface area contributed by atoms with Gasteiger partial charge in [-0.05, 0) is 30.2 Å². The lowest BCUT2D eigenvalue weighted by atomic mass is 10.2.